The molecule has 3 aromatic rings. The number of carbonyl (C=O) groups is 1. The number of rotatable bonds is 6. The molecule has 1 N–H and O–H groups in total. The molecule has 0 atom stereocenters. The molecule has 0 aliphatic rings. The summed E-state index contributed by atoms with van der Waals surface area (Å²) in [5, 5.41) is 4.87. The van der Waals surface area contributed by atoms with Gasteiger partial charge in [0.15, 0.2) is 0 Å². The lowest BCUT2D eigenvalue weighted by atomic mass is 10.1. The van der Waals surface area contributed by atoms with Crippen LogP contribution in [-0.2, 0) is 13.2 Å². The van der Waals surface area contributed by atoms with Crippen LogP contribution in [0.25, 0.3) is 0 Å². The number of nitrogens with zero attached hydrogens (tertiary/aromatic N) is 1. The zero-order chi connectivity index (χ0) is 16.8. The fourth-order valence-corrected chi connectivity index (χ4v) is 2.70. The Kier molecular flexibility index (Phi) is 5.23. The molecule has 0 bridgehead atoms. The number of ether oxygens (including phenoxy) is 1. The van der Waals surface area contributed by atoms with Gasteiger partial charge in [-0.3, -0.25) is 4.79 Å². The minimum Gasteiger partial charge on any atom is -0.487 e. The molecule has 0 radical (unpaired) electrons. The highest BCUT2D eigenvalue weighted by Crippen LogP contribution is 2.14. The highest BCUT2D eigenvalue weighted by Gasteiger charge is 2.06. The van der Waals surface area contributed by atoms with Gasteiger partial charge in [0.2, 0.25) is 0 Å². The molecule has 5 heteroatoms. The predicted octanol–water partition coefficient (Wildman–Crippen LogP) is 3.96. The van der Waals surface area contributed by atoms with Gasteiger partial charge in [-0.05, 0) is 36.8 Å². The van der Waals surface area contributed by atoms with E-state index in [0.717, 1.165) is 17.0 Å². The molecule has 1 aromatic heterocycles. The van der Waals surface area contributed by atoms with E-state index in [4.69, 9.17) is 4.74 Å². The lowest BCUT2D eigenvalue weighted by Crippen LogP contribution is -2.22. The molecule has 2 aromatic carbocycles. The number of benzene rings is 2. The van der Waals surface area contributed by atoms with Gasteiger partial charge >= 0.3 is 0 Å². The van der Waals surface area contributed by atoms with Gasteiger partial charge in [-0.1, -0.05) is 29.8 Å². The van der Waals surface area contributed by atoms with Crippen LogP contribution in [0.5, 0.6) is 5.75 Å². The topological polar surface area (TPSA) is 51.2 Å². The SMILES string of the molecule is Cc1ccc(CNC(=O)c2ccc(OCc3cscn3)cc2)cc1. The summed E-state index contributed by atoms with van der Waals surface area (Å²) in [5.41, 5.74) is 5.58. The number of nitrogens with one attached hydrogen (secondary N) is 1. The molecule has 1 amide bonds. The summed E-state index contributed by atoms with van der Waals surface area (Å²) in [7, 11) is 0. The Morgan fingerprint density at radius 3 is 2.54 bits per heavy atom. The molecule has 0 aliphatic heterocycles. The van der Waals surface area contributed by atoms with Crippen LogP contribution in [0.1, 0.15) is 27.2 Å². The van der Waals surface area contributed by atoms with Gasteiger partial charge in [-0.2, -0.15) is 0 Å². The van der Waals surface area contributed by atoms with E-state index in [2.05, 4.69) is 10.3 Å². The first-order valence-corrected chi connectivity index (χ1v) is 8.59. The fraction of sp³-hybridized carbons (Fsp3) is 0.158. The fourth-order valence-electron chi connectivity index (χ4n) is 2.16. The second kappa shape index (κ2) is 7.75. The van der Waals surface area contributed by atoms with Crippen molar-refractivity contribution >= 4 is 17.2 Å². The summed E-state index contributed by atoms with van der Waals surface area (Å²) in [4.78, 5) is 16.3. The largest absolute Gasteiger partial charge is 0.487 e. The molecule has 3 rings (SSSR count). The molecule has 24 heavy (non-hydrogen) atoms. The second-order valence-corrected chi connectivity index (χ2v) is 6.18. The van der Waals surface area contributed by atoms with E-state index < -0.39 is 0 Å². The van der Waals surface area contributed by atoms with Crippen LogP contribution in [0.15, 0.2) is 59.4 Å². The second-order valence-electron chi connectivity index (χ2n) is 5.46. The van der Waals surface area contributed by atoms with Crippen molar-refractivity contribution in [3.05, 3.63) is 81.8 Å². The molecular weight excluding hydrogens is 320 g/mol. The Morgan fingerprint density at radius 1 is 1.12 bits per heavy atom. The van der Waals surface area contributed by atoms with E-state index in [1.165, 1.54) is 5.56 Å². The van der Waals surface area contributed by atoms with E-state index in [0.29, 0.717) is 18.7 Å². The van der Waals surface area contributed by atoms with Crippen LogP contribution < -0.4 is 10.1 Å². The van der Waals surface area contributed by atoms with Crippen molar-refractivity contribution in [3.8, 4) is 5.75 Å². The number of hydrogen-bond donors (Lipinski definition) is 1. The van der Waals surface area contributed by atoms with Crippen molar-refractivity contribution in [3.63, 3.8) is 0 Å². The summed E-state index contributed by atoms with van der Waals surface area (Å²) < 4.78 is 5.64. The van der Waals surface area contributed by atoms with E-state index in [1.54, 1.807) is 41.1 Å². The number of thiazole rings is 1. The van der Waals surface area contributed by atoms with Crippen LogP contribution >= 0.6 is 11.3 Å². The Bertz CT molecular complexity index is 781. The smallest absolute Gasteiger partial charge is 0.251 e. The molecule has 1 heterocycles. The van der Waals surface area contributed by atoms with E-state index in [1.807, 2.05) is 36.6 Å². The molecule has 122 valence electrons. The van der Waals surface area contributed by atoms with Crippen LogP contribution in [0, 0.1) is 6.92 Å². The average molecular weight is 338 g/mol. The molecule has 0 saturated heterocycles. The number of hydrogen-bond acceptors (Lipinski definition) is 4. The van der Waals surface area contributed by atoms with Crippen molar-refractivity contribution in [2.24, 2.45) is 0 Å². The van der Waals surface area contributed by atoms with Crippen molar-refractivity contribution in [2.45, 2.75) is 20.1 Å². The van der Waals surface area contributed by atoms with Gasteiger partial charge in [0.1, 0.15) is 12.4 Å². The highest BCUT2D eigenvalue weighted by atomic mass is 32.1. The maximum absolute atomic E-state index is 12.2. The Balaban J connectivity index is 1.52. The first-order valence-electron chi connectivity index (χ1n) is 7.64. The van der Waals surface area contributed by atoms with Gasteiger partial charge in [0.05, 0.1) is 11.2 Å². The predicted molar refractivity (Wildman–Crippen MR) is 95.2 cm³/mol. The monoisotopic (exact) mass is 338 g/mol. The van der Waals surface area contributed by atoms with Gasteiger partial charge < -0.3 is 10.1 Å². The number of aryl methyl sites for hydroxylation is 1. The first-order chi connectivity index (χ1) is 11.7. The maximum atomic E-state index is 12.2. The zero-order valence-corrected chi connectivity index (χ0v) is 14.2. The van der Waals surface area contributed by atoms with E-state index in [-0.39, 0.29) is 5.91 Å². The molecule has 0 saturated carbocycles. The van der Waals surface area contributed by atoms with Gasteiger partial charge in [0, 0.05) is 17.5 Å². The van der Waals surface area contributed by atoms with Crippen molar-refractivity contribution in [2.75, 3.05) is 0 Å². The minimum atomic E-state index is -0.0957. The summed E-state index contributed by atoms with van der Waals surface area (Å²) >= 11 is 1.54. The van der Waals surface area contributed by atoms with Crippen LogP contribution in [0.2, 0.25) is 0 Å². The quantitative estimate of drug-likeness (QED) is 0.740. The average Bonchev–Trinajstić information content (AvgIpc) is 3.13. The number of amides is 1. The standard InChI is InChI=1S/C19H18N2O2S/c1-14-2-4-15(5-3-14)10-20-19(22)16-6-8-18(9-7-16)23-11-17-12-24-13-21-17/h2-9,12-13H,10-11H2,1H3,(H,20,22). The Labute approximate surface area is 145 Å². The molecule has 0 unspecified atom stereocenters. The van der Waals surface area contributed by atoms with Crippen LogP contribution in [-0.4, -0.2) is 10.9 Å². The minimum absolute atomic E-state index is 0.0957. The van der Waals surface area contributed by atoms with Gasteiger partial charge in [-0.25, -0.2) is 4.98 Å². The molecule has 0 fully saturated rings. The third-order valence-electron chi connectivity index (χ3n) is 3.56. The van der Waals surface area contributed by atoms with Crippen LogP contribution in [0.3, 0.4) is 0 Å². The molecule has 0 spiro atoms. The first kappa shape index (κ1) is 16.2. The third-order valence-corrected chi connectivity index (χ3v) is 4.20. The third kappa shape index (κ3) is 4.43. The van der Waals surface area contributed by atoms with Gasteiger partial charge in [-0.15, -0.1) is 11.3 Å². The summed E-state index contributed by atoms with van der Waals surface area (Å²) in [6.07, 6.45) is 0. The maximum Gasteiger partial charge on any atom is 0.251 e. The normalized spacial score (nSPS) is 10.4. The van der Waals surface area contributed by atoms with E-state index >= 15 is 0 Å². The molecule has 0 aliphatic carbocycles. The zero-order valence-electron chi connectivity index (χ0n) is 13.4. The highest BCUT2D eigenvalue weighted by molar-refractivity contribution is 7.07. The summed E-state index contributed by atoms with van der Waals surface area (Å²) in [5.74, 6) is 0.625. The van der Waals surface area contributed by atoms with Crippen molar-refractivity contribution < 1.29 is 9.53 Å². The lowest BCUT2D eigenvalue weighted by Gasteiger charge is -2.08. The number of carbonyl (C=O) groups excluding carboxylic acids is 1. The van der Waals surface area contributed by atoms with Crippen molar-refractivity contribution in [1.29, 1.82) is 0 Å². The Morgan fingerprint density at radius 2 is 1.88 bits per heavy atom. The molecule has 4 nitrogen and oxygen atoms in total. The summed E-state index contributed by atoms with van der Waals surface area (Å²) in [6.45, 7) is 2.99. The molecular formula is C19H18N2O2S. The summed E-state index contributed by atoms with van der Waals surface area (Å²) in [6, 6.07) is 15.2. The Hall–Kier alpha value is -2.66. The van der Waals surface area contributed by atoms with Crippen molar-refractivity contribution in [1.82, 2.24) is 10.3 Å². The van der Waals surface area contributed by atoms with Gasteiger partial charge in [0.25, 0.3) is 5.91 Å². The van der Waals surface area contributed by atoms with Crippen LogP contribution in [0.4, 0.5) is 0 Å². The number of aromatic nitrogens is 1. The van der Waals surface area contributed by atoms with E-state index in [9.17, 15) is 4.79 Å². The lowest BCUT2D eigenvalue weighted by molar-refractivity contribution is 0.0951.